The van der Waals surface area contributed by atoms with Crippen LogP contribution in [0.1, 0.15) is 57.5 Å². The molecule has 0 unspecified atom stereocenters. The lowest BCUT2D eigenvalue weighted by Gasteiger charge is -2.29. The topological polar surface area (TPSA) is 113 Å². The van der Waals surface area contributed by atoms with Crippen molar-refractivity contribution in [1.29, 1.82) is 0 Å². The van der Waals surface area contributed by atoms with Gasteiger partial charge in [0, 0.05) is 67.8 Å². The minimum atomic E-state index is -4.48. The van der Waals surface area contributed by atoms with Crippen LogP contribution in [0.25, 0.3) is 11.3 Å². The van der Waals surface area contributed by atoms with Gasteiger partial charge in [0.2, 0.25) is 0 Å². The van der Waals surface area contributed by atoms with Gasteiger partial charge < -0.3 is 20.4 Å². The summed E-state index contributed by atoms with van der Waals surface area (Å²) in [4.78, 5) is 35.6. The molecule has 10 nitrogen and oxygen atoms in total. The predicted octanol–water partition coefficient (Wildman–Crippen LogP) is 6.35. The van der Waals surface area contributed by atoms with Crippen molar-refractivity contribution in [2.75, 3.05) is 54.7 Å². The summed E-state index contributed by atoms with van der Waals surface area (Å²) in [6, 6.07) is 20.5. The number of amides is 2. The molecule has 6 rings (SSSR count). The zero-order chi connectivity index (χ0) is 35.1. The summed E-state index contributed by atoms with van der Waals surface area (Å²) in [5.41, 5.74) is 5.86. The number of aromatic nitrogens is 1. The lowest BCUT2D eigenvalue weighted by atomic mass is 10.0. The van der Waals surface area contributed by atoms with E-state index in [2.05, 4.69) is 25.9 Å². The van der Waals surface area contributed by atoms with Crippen molar-refractivity contribution in [3.05, 3.63) is 107 Å². The van der Waals surface area contributed by atoms with Crippen LogP contribution in [0.4, 0.5) is 30.2 Å². The predicted molar refractivity (Wildman–Crippen MR) is 186 cm³/mol. The smallest absolute Gasteiger partial charge is 0.372 e. The lowest BCUT2D eigenvalue weighted by Crippen LogP contribution is -2.34. The molecule has 4 aromatic rings. The second kappa shape index (κ2) is 15.7. The van der Waals surface area contributed by atoms with Crippen LogP contribution in [0.5, 0.6) is 0 Å². The van der Waals surface area contributed by atoms with E-state index in [1.54, 1.807) is 41.3 Å². The maximum Gasteiger partial charge on any atom is 0.416 e. The van der Waals surface area contributed by atoms with Crippen LogP contribution >= 0.6 is 0 Å². The normalized spacial score (nSPS) is 15.4. The van der Waals surface area contributed by atoms with Crippen molar-refractivity contribution in [3.63, 3.8) is 0 Å². The second-order valence-electron chi connectivity index (χ2n) is 12.5. The minimum absolute atomic E-state index is 0.0694. The van der Waals surface area contributed by atoms with Crippen LogP contribution in [0, 0.1) is 0 Å². The monoisotopic (exact) mass is 687 g/mol. The number of anilines is 3. The Kier molecular flexibility index (Phi) is 11.0. The van der Waals surface area contributed by atoms with Crippen molar-refractivity contribution in [1.82, 2.24) is 20.6 Å². The molecule has 0 spiro atoms. The molecule has 2 saturated heterocycles. The van der Waals surface area contributed by atoms with Gasteiger partial charge >= 0.3 is 6.18 Å². The van der Waals surface area contributed by atoms with E-state index in [4.69, 9.17) is 0 Å². The lowest BCUT2D eigenvalue weighted by molar-refractivity contribution is -0.137. The molecule has 1 aromatic heterocycles. The van der Waals surface area contributed by atoms with Crippen LogP contribution in [-0.2, 0) is 12.7 Å². The van der Waals surface area contributed by atoms with Gasteiger partial charge in [0.1, 0.15) is 0 Å². The minimum Gasteiger partial charge on any atom is -0.372 e. The summed E-state index contributed by atoms with van der Waals surface area (Å²) >= 11 is 0. The summed E-state index contributed by atoms with van der Waals surface area (Å²) in [5, 5.41) is 17.9. The number of hydrogen-bond donors (Lipinski definition) is 4. The summed E-state index contributed by atoms with van der Waals surface area (Å²) in [5.74, 6) is -0.516. The number of halogens is 3. The van der Waals surface area contributed by atoms with E-state index in [0.29, 0.717) is 46.7 Å². The molecular formula is C37H40F3N7O3. The first-order valence-electron chi connectivity index (χ1n) is 16.8. The molecule has 3 heterocycles. The maximum atomic E-state index is 13.7. The van der Waals surface area contributed by atoms with Gasteiger partial charge in [0.05, 0.1) is 22.6 Å². The van der Waals surface area contributed by atoms with E-state index in [1.807, 2.05) is 18.2 Å². The van der Waals surface area contributed by atoms with E-state index in [-0.39, 0.29) is 18.1 Å². The SMILES string of the molecule is O=C(Nc1ccc(N2CCCCC2)cc1-c1cc(N(O)NCc2cccc(C(F)(F)F)c2)ccn1)c1cccc(C(=O)N2CCCNCC2)c1. The van der Waals surface area contributed by atoms with Crippen LogP contribution < -0.4 is 26.1 Å². The summed E-state index contributed by atoms with van der Waals surface area (Å²) in [6.45, 7) is 4.55. The van der Waals surface area contributed by atoms with Crippen LogP contribution in [0.15, 0.2) is 85.1 Å². The molecule has 4 N–H and O–H groups in total. The Morgan fingerprint density at radius 2 is 1.66 bits per heavy atom. The molecule has 3 aromatic carbocycles. The third-order valence-corrected chi connectivity index (χ3v) is 8.92. The first-order chi connectivity index (χ1) is 24.2. The van der Waals surface area contributed by atoms with Crippen LogP contribution in [0.2, 0.25) is 0 Å². The van der Waals surface area contributed by atoms with E-state index in [9.17, 15) is 28.0 Å². The number of hydrazine groups is 1. The number of carbonyl (C=O) groups excluding carboxylic acids is 2. The molecule has 13 heteroatoms. The van der Waals surface area contributed by atoms with E-state index >= 15 is 0 Å². The van der Waals surface area contributed by atoms with E-state index in [0.717, 1.165) is 74.9 Å². The number of rotatable bonds is 9. The molecule has 2 aliphatic rings. The second-order valence-corrected chi connectivity index (χ2v) is 12.5. The Balaban J connectivity index is 1.24. The third kappa shape index (κ3) is 8.59. The Morgan fingerprint density at radius 1 is 0.860 bits per heavy atom. The molecule has 50 heavy (non-hydrogen) atoms. The fourth-order valence-corrected chi connectivity index (χ4v) is 6.23. The number of carbonyl (C=O) groups is 2. The highest BCUT2D eigenvalue weighted by Gasteiger charge is 2.30. The van der Waals surface area contributed by atoms with Gasteiger partial charge in [0.15, 0.2) is 0 Å². The number of benzene rings is 3. The molecule has 262 valence electrons. The molecular weight excluding hydrogens is 647 g/mol. The van der Waals surface area contributed by atoms with Crippen molar-refractivity contribution in [2.24, 2.45) is 0 Å². The van der Waals surface area contributed by atoms with Gasteiger partial charge in [-0.25, -0.2) is 5.43 Å². The number of hydrogen-bond acceptors (Lipinski definition) is 8. The standard InChI is InChI=1S/C37H40F3N7O3/c38-37(39,40)29-10-4-7-26(21-29)25-43-47(50)31-13-15-42-34(24-31)32-23-30(45-17-2-1-3-18-45)11-12-33(32)44-35(48)27-8-5-9-28(22-27)36(49)46-19-6-14-41-16-20-46/h4-5,7-13,15,21-24,41,43,50H,1-3,6,14,16-20,25H2,(H,44,48). The summed E-state index contributed by atoms with van der Waals surface area (Å²) in [6.07, 6.45) is 1.19. The number of pyridine rings is 1. The number of nitrogens with zero attached hydrogens (tertiary/aromatic N) is 4. The first-order valence-corrected chi connectivity index (χ1v) is 16.8. The Labute approximate surface area is 288 Å². The zero-order valence-corrected chi connectivity index (χ0v) is 27.5. The number of alkyl halides is 3. The highest BCUT2D eigenvalue weighted by Crippen LogP contribution is 2.34. The third-order valence-electron chi connectivity index (χ3n) is 8.92. The molecule has 2 amide bonds. The fraction of sp³-hybridized carbons (Fsp3) is 0.324. The van der Waals surface area contributed by atoms with Crippen molar-refractivity contribution in [3.8, 4) is 11.3 Å². The Bertz CT molecular complexity index is 1810. The van der Waals surface area contributed by atoms with Gasteiger partial charge in [-0.05, 0) is 92.4 Å². The largest absolute Gasteiger partial charge is 0.416 e. The van der Waals surface area contributed by atoms with Gasteiger partial charge in [-0.3, -0.25) is 19.8 Å². The van der Waals surface area contributed by atoms with Crippen molar-refractivity contribution >= 4 is 28.9 Å². The quantitative estimate of drug-likeness (QED) is 0.151. The molecule has 0 atom stereocenters. The zero-order valence-electron chi connectivity index (χ0n) is 27.5. The van der Waals surface area contributed by atoms with Gasteiger partial charge in [0.25, 0.3) is 11.8 Å². The number of piperidine rings is 1. The van der Waals surface area contributed by atoms with Gasteiger partial charge in [-0.15, -0.1) is 0 Å². The highest BCUT2D eigenvalue weighted by molar-refractivity contribution is 6.08. The number of nitrogens with one attached hydrogen (secondary N) is 3. The summed E-state index contributed by atoms with van der Waals surface area (Å²) < 4.78 is 39.6. The van der Waals surface area contributed by atoms with Gasteiger partial charge in [-0.2, -0.15) is 18.3 Å². The first kappa shape index (κ1) is 34.9. The van der Waals surface area contributed by atoms with Crippen molar-refractivity contribution in [2.45, 2.75) is 38.4 Å². The van der Waals surface area contributed by atoms with E-state index in [1.165, 1.54) is 18.3 Å². The summed E-state index contributed by atoms with van der Waals surface area (Å²) in [7, 11) is 0. The Hall–Kier alpha value is -4.98. The highest BCUT2D eigenvalue weighted by atomic mass is 19.4. The molecule has 2 aliphatic heterocycles. The average Bonchev–Trinajstić information content (AvgIpc) is 3.44. The molecule has 0 bridgehead atoms. The Morgan fingerprint density at radius 3 is 2.48 bits per heavy atom. The molecule has 0 saturated carbocycles. The van der Waals surface area contributed by atoms with Crippen LogP contribution in [0.3, 0.4) is 0 Å². The molecule has 0 radical (unpaired) electrons. The maximum absolute atomic E-state index is 13.7. The van der Waals surface area contributed by atoms with Gasteiger partial charge in [-0.1, -0.05) is 24.3 Å². The molecule has 0 aliphatic carbocycles. The van der Waals surface area contributed by atoms with E-state index < -0.39 is 17.6 Å². The fourth-order valence-electron chi connectivity index (χ4n) is 6.23. The van der Waals surface area contributed by atoms with Crippen LogP contribution in [-0.4, -0.2) is 66.2 Å². The molecule has 2 fully saturated rings. The van der Waals surface area contributed by atoms with Crippen molar-refractivity contribution < 1.29 is 28.0 Å². The average molecular weight is 688 g/mol.